The summed E-state index contributed by atoms with van der Waals surface area (Å²) in [4.78, 5) is 29.4. The van der Waals surface area contributed by atoms with Gasteiger partial charge in [0.1, 0.15) is 12.6 Å². The number of carbonyl (C=O) groups excluding carboxylic acids is 2. The van der Waals surface area contributed by atoms with Gasteiger partial charge in [-0.05, 0) is 67.4 Å². The first-order chi connectivity index (χ1) is 21.0. The molecule has 1 unspecified atom stereocenters. The highest BCUT2D eigenvalue weighted by Gasteiger charge is 2.34. The number of halogens is 3. The Bertz CT molecular complexity index is 1720. The Balaban J connectivity index is 1.81. The lowest BCUT2D eigenvalue weighted by Crippen LogP contribution is -2.53. The van der Waals surface area contributed by atoms with Crippen molar-refractivity contribution in [3.63, 3.8) is 0 Å². The lowest BCUT2D eigenvalue weighted by Gasteiger charge is -2.34. The van der Waals surface area contributed by atoms with E-state index in [4.69, 9.17) is 23.2 Å². The number of nitrogens with one attached hydrogen (secondary N) is 1. The zero-order chi connectivity index (χ0) is 31.9. The molecule has 2 amide bonds. The van der Waals surface area contributed by atoms with Crippen LogP contribution in [0.25, 0.3) is 0 Å². The number of likely N-dealkylation sites (N-methyl/N-ethyl adjacent to an activating group) is 1. The molecule has 0 aromatic heterocycles. The first kappa shape index (κ1) is 33.5. The van der Waals surface area contributed by atoms with Crippen LogP contribution in [0.15, 0.2) is 106 Å². The Morgan fingerprint density at radius 3 is 2.18 bits per heavy atom. The van der Waals surface area contributed by atoms with Gasteiger partial charge >= 0.3 is 0 Å². The number of amides is 2. The van der Waals surface area contributed by atoms with Crippen LogP contribution in [0, 0.1) is 6.92 Å². The van der Waals surface area contributed by atoms with Gasteiger partial charge in [0.25, 0.3) is 10.0 Å². The summed E-state index contributed by atoms with van der Waals surface area (Å²) in [6.45, 7) is 3.49. The Morgan fingerprint density at radius 2 is 1.55 bits per heavy atom. The molecule has 1 N–H and O–H groups in total. The fourth-order valence-electron chi connectivity index (χ4n) is 4.68. The van der Waals surface area contributed by atoms with E-state index in [0.29, 0.717) is 6.54 Å². The van der Waals surface area contributed by atoms with Crippen molar-refractivity contribution in [3.05, 3.63) is 128 Å². The molecule has 4 rings (SSSR count). The van der Waals surface area contributed by atoms with E-state index in [2.05, 4.69) is 21.2 Å². The molecule has 7 nitrogen and oxygen atoms in total. The van der Waals surface area contributed by atoms with E-state index >= 15 is 0 Å². The molecule has 0 radical (unpaired) electrons. The molecule has 44 heavy (non-hydrogen) atoms. The number of hydrogen-bond donors (Lipinski definition) is 1. The quantitative estimate of drug-likeness (QED) is 0.171. The van der Waals surface area contributed by atoms with Gasteiger partial charge in [-0.1, -0.05) is 99.3 Å². The van der Waals surface area contributed by atoms with Gasteiger partial charge in [0.05, 0.1) is 20.6 Å². The van der Waals surface area contributed by atoms with Crippen LogP contribution in [0.1, 0.15) is 23.6 Å². The normalized spacial score (nSPS) is 11.9. The average Bonchev–Trinajstić information content (AvgIpc) is 3.00. The topological polar surface area (TPSA) is 86.8 Å². The van der Waals surface area contributed by atoms with E-state index in [9.17, 15) is 18.0 Å². The van der Waals surface area contributed by atoms with Gasteiger partial charge in [-0.3, -0.25) is 13.9 Å². The van der Waals surface area contributed by atoms with Crippen molar-refractivity contribution in [3.8, 4) is 0 Å². The van der Waals surface area contributed by atoms with E-state index in [1.807, 2.05) is 61.5 Å². The van der Waals surface area contributed by atoms with Gasteiger partial charge in [-0.2, -0.15) is 0 Å². The van der Waals surface area contributed by atoms with Crippen molar-refractivity contribution in [2.24, 2.45) is 0 Å². The van der Waals surface area contributed by atoms with Crippen molar-refractivity contribution in [1.82, 2.24) is 10.2 Å². The number of aryl methyl sites for hydroxylation is 1. The van der Waals surface area contributed by atoms with Gasteiger partial charge in [-0.25, -0.2) is 8.42 Å². The maximum Gasteiger partial charge on any atom is 0.264 e. The summed E-state index contributed by atoms with van der Waals surface area (Å²) in [7, 11) is -4.25. The Hall–Kier alpha value is -3.37. The van der Waals surface area contributed by atoms with Gasteiger partial charge in [-0.15, -0.1) is 0 Å². The number of carbonyl (C=O) groups is 2. The Kier molecular flexibility index (Phi) is 11.5. The van der Waals surface area contributed by atoms with Crippen LogP contribution in [-0.4, -0.2) is 44.3 Å². The molecular weight excluding hydrogens is 685 g/mol. The maximum absolute atomic E-state index is 14.4. The number of anilines is 1. The molecule has 4 aromatic carbocycles. The van der Waals surface area contributed by atoms with Crippen LogP contribution in [0.3, 0.4) is 0 Å². The summed E-state index contributed by atoms with van der Waals surface area (Å²) in [5.41, 5.74) is 2.65. The molecule has 4 aromatic rings. The molecule has 0 heterocycles. The number of benzene rings is 4. The highest BCUT2D eigenvalue weighted by molar-refractivity contribution is 9.10. The predicted octanol–water partition coefficient (Wildman–Crippen LogP) is 7.04. The second kappa shape index (κ2) is 15.1. The summed E-state index contributed by atoms with van der Waals surface area (Å²) in [5, 5.41) is 3.23. The van der Waals surface area contributed by atoms with Crippen molar-refractivity contribution in [2.45, 2.75) is 37.8 Å². The SMILES string of the molecule is CCNC(=O)C(Cc1ccccc1)N(Cc1cccc(Br)c1)C(=O)CN(c1ccc(Cl)c(Cl)c1)S(=O)(=O)c1ccc(C)cc1. The first-order valence-electron chi connectivity index (χ1n) is 13.9. The van der Waals surface area contributed by atoms with Gasteiger partial charge in [0, 0.05) is 24.0 Å². The lowest BCUT2D eigenvalue weighted by atomic mass is 10.0. The van der Waals surface area contributed by atoms with E-state index in [1.165, 1.54) is 35.2 Å². The number of hydrogen-bond acceptors (Lipinski definition) is 4. The number of rotatable bonds is 12. The molecule has 0 bridgehead atoms. The van der Waals surface area contributed by atoms with Gasteiger partial charge in [0.15, 0.2) is 0 Å². The number of nitrogens with zero attached hydrogens (tertiary/aromatic N) is 2. The summed E-state index contributed by atoms with van der Waals surface area (Å²) < 4.78 is 30.0. The zero-order valence-corrected chi connectivity index (χ0v) is 28.1. The molecule has 1 atom stereocenters. The third-order valence-corrected chi connectivity index (χ3v) is 9.96. The molecule has 11 heteroatoms. The third-order valence-electron chi connectivity index (χ3n) is 6.94. The minimum Gasteiger partial charge on any atom is -0.355 e. The van der Waals surface area contributed by atoms with Crippen LogP contribution in [-0.2, 0) is 32.6 Å². The summed E-state index contributed by atoms with van der Waals surface area (Å²) >= 11 is 15.9. The molecular formula is C33H32BrCl2N3O4S. The summed E-state index contributed by atoms with van der Waals surface area (Å²) in [6.07, 6.45) is 0.226. The second-order valence-electron chi connectivity index (χ2n) is 10.2. The van der Waals surface area contributed by atoms with Crippen LogP contribution >= 0.6 is 39.1 Å². The highest BCUT2D eigenvalue weighted by Crippen LogP contribution is 2.31. The summed E-state index contributed by atoms with van der Waals surface area (Å²) in [6, 6.07) is 26.6. The molecule has 230 valence electrons. The van der Waals surface area contributed by atoms with E-state index < -0.39 is 28.5 Å². The molecule has 0 saturated carbocycles. The second-order valence-corrected chi connectivity index (χ2v) is 13.8. The van der Waals surface area contributed by atoms with Crippen molar-refractivity contribution < 1.29 is 18.0 Å². The minimum atomic E-state index is -4.25. The smallest absolute Gasteiger partial charge is 0.264 e. The van der Waals surface area contributed by atoms with E-state index in [0.717, 1.165) is 25.5 Å². The fourth-order valence-corrected chi connectivity index (χ4v) is 6.83. The standard InChI is InChI=1S/C33H32BrCl2N3O4S/c1-3-37-33(41)31(19-24-8-5-4-6-9-24)38(21-25-10-7-11-26(34)18-25)32(40)22-39(27-14-17-29(35)30(36)20-27)44(42,43)28-15-12-23(2)13-16-28/h4-18,20,31H,3,19,21-22H2,1-2H3,(H,37,41). The van der Waals surface area contributed by atoms with Gasteiger partial charge in [0.2, 0.25) is 11.8 Å². The molecule has 0 fully saturated rings. The Morgan fingerprint density at radius 1 is 0.864 bits per heavy atom. The van der Waals surface area contributed by atoms with E-state index in [1.54, 1.807) is 19.1 Å². The van der Waals surface area contributed by atoms with Crippen LogP contribution in [0.5, 0.6) is 0 Å². The maximum atomic E-state index is 14.4. The molecule has 0 saturated heterocycles. The monoisotopic (exact) mass is 715 g/mol. The molecule has 0 spiro atoms. The van der Waals surface area contributed by atoms with Crippen LogP contribution < -0.4 is 9.62 Å². The molecule has 0 aliphatic carbocycles. The third kappa shape index (κ3) is 8.41. The minimum absolute atomic E-state index is 0.00470. The van der Waals surface area contributed by atoms with Crippen molar-refractivity contribution in [2.75, 3.05) is 17.4 Å². The highest BCUT2D eigenvalue weighted by atomic mass is 79.9. The largest absolute Gasteiger partial charge is 0.355 e. The average molecular weight is 718 g/mol. The first-order valence-corrected chi connectivity index (χ1v) is 16.9. The van der Waals surface area contributed by atoms with E-state index in [-0.39, 0.29) is 39.5 Å². The van der Waals surface area contributed by atoms with Crippen LogP contribution in [0.2, 0.25) is 10.0 Å². The molecule has 0 aliphatic rings. The van der Waals surface area contributed by atoms with Crippen LogP contribution in [0.4, 0.5) is 5.69 Å². The number of sulfonamides is 1. The summed E-state index contributed by atoms with van der Waals surface area (Å²) in [5.74, 6) is -0.916. The van der Waals surface area contributed by atoms with Crippen molar-refractivity contribution in [1.29, 1.82) is 0 Å². The predicted molar refractivity (Wildman–Crippen MR) is 179 cm³/mol. The van der Waals surface area contributed by atoms with Crippen molar-refractivity contribution >= 4 is 66.7 Å². The lowest BCUT2D eigenvalue weighted by molar-refractivity contribution is -0.140. The fraction of sp³-hybridized carbons (Fsp3) is 0.212. The Labute approximate surface area is 277 Å². The molecule has 0 aliphatic heterocycles. The zero-order valence-electron chi connectivity index (χ0n) is 24.2. The van der Waals surface area contributed by atoms with Gasteiger partial charge < -0.3 is 10.2 Å².